The number of hydrogen-bond donors (Lipinski definition) is 4. The number of hydrogen-bond acceptors (Lipinski definition) is 3. The Morgan fingerprint density at radius 2 is 1.83 bits per heavy atom. The van der Waals surface area contributed by atoms with Crippen molar-refractivity contribution in [2.75, 3.05) is 13.1 Å². The van der Waals surface area contributed by atoms with Gasteiger partial charge in [0.2, 0.25) is 0 Å². The van der Waals surface area contributed by atoms with E-state index in [9.17, 15) is 14.7 Å². The summed E-state index contributed by atoms with van der Waals surface area (Å²) in [5.74, 6) is -1.10. The molecule has 1 atom stereocenters. The number of carboxylic acid groups (broad SMARTS) is 1. The van der Waals surface area contributed by atoms with E-state index in [1.165, 1.54) is 6.92 Å². The predicted octanol–water partition coefficient (Wildman–Crippen LogP) is 1.09. The van der Waals surface area contributed by atoms with E-state index in [1.54, 1.807) is 0 Å². The highest BCUT2D eigenvalue weighted by Gasteiger charge is 2.24. The minimum Gasteiger partial charge on any atom is -0.481 e. The molecule has 0 aromatic heterocycles. The van der Waals surface area contributed by atoms with Gasteiger partial charge in [-0.1, -0.05) is 26.2 Å². The molecule has 0 aliphatic carbocycles. The van der Waals surface area contributed by atoms with Gasteiger partial charge in [-0.2, -0.15) is 0 Å². The third-order valence-electron chi connectivity index (χ3n) is 2.48. The molecule has 0 heterocycles. The molecule has 0 fully saturated rings. The summed E-state index contributed by atoms with van der Waals surface area (Å²) in [7, 11) is 0. The zero-order valence-electron chi connectivity index (χ0n) is 11.2. The normalized spacial score (nSPS) is 13.7. The lowest BCUT2D eigenvalue weighted by atomic mass is 10.0. The summed E-state index contributed by atoms with van der Waals surface area (Å²) in [5, 5.41) is 23.3. The maximum atomic E-state index is 11.3. The van der Waals surface area contributed by atoms with Gasteiger partial charge in [0.1, 0.15) is 0 Å². The topological polar surface area (TPSA) is 98.7 Å². The number of amides is 2. The van der Waals surface area contributed by atoms with Crippen LogP contribution in [-0.2, 0) is 4.79 Å². The van der Waals surface area contributed by atoms with Crippen LogP contribution >= 0.6 is 0 Å². The first-order valence-electron chi connectivity index (χ1n) is 6.33. The molecular formula is C12H24N2O4. The van der Waals surface area contributed by atoms with E-state index in [4.69, 9.17) is 5.11 Å². The average Bonchev–Trinajstić information content (AvgIpc) is 2.24. The minimum absolute atomic E-state index is 0.0832. The highest BCUT2D eigenvalue weighted by atomic mass is 16.4. The maximum Gasteiger partial charge on any atom is 0.314 e. The van der Waals surface area contributed by atoms with E-state index >= 15 is 0 Å². The number of aliphatic hydroxyl groups is 1. The van der Waals surface area contributed by atoms with Crippen LogP contribution in [0.3, 0.4) is 0 Å². The predicted molar refractivity (Wildman–Crippen MR) is 68.4 cm³/mol. The fourth-order valence-electron chi connectivity index (χ4n) is 1.48. The Hall–Kier alpha value is -1.30. The molecule has 18 heavy (non-hydrogen) atoms. The minimum atomic E-state index is -1.43. The van der Waals surface area contributed by atoms with Crippen molar-refractivity contribution in [1.29, 1.82) is 0 Å². The summed E-state index contributed by atoms with van der Waals surface area (Å²) in [5.41, 5.74) is -1.43. The van der Waals surface area contributed by atoms with Gasteiger partial charge >= 0.3 is 12.0 Å². The number of urea groups is 1. The van der Waals surface area contributed by atoms with E-state index in [0.29, 0.717) is 6.54 Å². The van der Waals surface area contributed by atoms with Crippen molar-refractivity contribution >= 4 is 12.0 Å². The molecule has 1 unspecified atom stereocenters. The van der Waals surface area contributed by atoms with Crippen LogP contribution in [0.5, 0.6) is 0 Å². The van der Waals surface area contributed by atoms with Crippen molar-refractivity contribution in [3.05, 3.63) is 0 Å². The molecule has 0 spiro atoms. The van der Waals surface area contributed by atoms with Crippen LogP contribution in [0, 0.1) is 0 Å². The molecule has 6 nitrogen and oxygen atoms in total. The summed E-state index contributed by atoms with van der Waals surface area (Å²) in [4.78, 5) is 21.8. The summed E-state index contributed by atoms with van der Waals surface area (Å²) in [6.45, 7) is 4.00. The lowest BCUT2D eigenvalue weighted by Crippen LogP contribution is -2.46. The van der Waals surface area contributed by atoms with Gasteiger partial charge in [-0.15, -0.1) is 0 Å². The number of carbonyl (C=O) groups is 2. The lowest BCUT2D eigenvalue weighted by Gasteiger charge is -2.21. The molecule has 0 aromatic carbocycles. The Kier molecular flexibility index (Phi) is 8.11. The quantitative estimate of drug-likeness (QED) is 0.466. The van der Waals surface area contributed by atoms with Crippen LogP contribution in [0.15, 0.2) is 0 Å². The van der Waals surface area contributed by atoms with Gasteiger partial charge in [-0.05, 0) is 13.3 Å². The summed E-state index contributed by atoms with van der Waals surface area (Å²) in [6.07, 6.45) is 3.89. The molecule has 4 N–H and O–H groups in total. The highest BCUT2D eigenvalue weighted by molar-refractivity contribution is 5.74. The first-order valence-corrected chi connectivity index (χ1v) is 6.33. The van der Waals surface area contributed by atoms with Gasteiger partial charge in [0, 0.05) is 13.1 Å². The summed E-state index contributed by atoms with van der Waals surface area (Å²) < 4.78 is 0. The highest BCUT2D eigenvalue weighted by Crippen LogP contribution is 2.07. The molecular weight excluding hydrogens is 236 g/mol. The van der Waals surface area contributed by atoms with Crippen molar-refractivity contribution in [2.45, 2.75) is 51.6 Å². The Balaban J connectivity index is 3.66. The number of aliphatic carboxylic acids is 1. The number of nitrogens with one attached hydrogen (secondary N) is 2. The van der Waals surface area contributed by atoms with Crippen molar-refractivity contribution < 1.29 is 19.8 Å². The van der Waals surface area contributed by atoms with Gasteiger partial charge in [0.25, 0.3) is 0 Å². The van der Waals surface area contributed by atoms with E-state index < -0.39 is 18.0 Å². The first-order chi connectivity index (χ1) is 8.37. The molecule has 0 bridgehead atoms. The molecule has 0 aliphatic rings. The number of carboxylic acids is 1. The molecule has 0 aromatic rings. The van der Waals surface area contributed by atoms with Crippen LogP contribution in [-0.4, -0.2) is 40.9 Å². The smallest absolute Gasteiger partial charge is 0.314 e. The summed E-state index contributed by atoms with van der Waals surface area (Å²) >= 11 is 0. The zero-order chi connectivity index (χ0) is 14.0. The Bertz CT molecular complexity index is 267. The van der Waals surface area contributed by atoms with Crippen molar-refractivity contribution in [1.82, 2.24) is 10.6 Å². The van der Waals surface area contributed by atoms with Crippen LogP contribution in [0.25, 0.3) is 0 Å². The SMILES string of the molecule is CCCCCCNC(=O)NCC(C)(O)CC(=O)O. The van der Waals surface area contributed by atoms with E-state index in [-0.39, 0.29) is 12.6 Å². The van der Waals surface area contributed by atoms with Gasteiger partial charge in [-0.25, -0.2) is 4.79 Å². The Morgan fingerprint density at radius 1 is 1.17 bits per heavy atom. The molecule has 106 valence electrons. The maximum absolute atomic E-state index is 11.3. The van der Waals surface area contributed by atoms with Crippen molar-refractivity contribution in [3.8, 4) is 0 Å². The Morgan fingerprint density at radius 3 is 2.39 bits per heavy atom. The van der Waals surface area contributed by atoms with Crippen LogP contribution in [0.4, 0.5) is 4.79 Å². The Labute approximate surface area is 108 Å². The van der Waals surface area contributed by atoms with Crippen LogP contribution < -0.4 is 10.6 Å². The van der Waals surface area contributed by atoms with Crippen molar-refractivity contribution in [2.24, 2.45) is 0 Å². The molecule has 2 amide bonds. The van der Waals surface area contributed by atoms with E-state index in [1.807, 2.05) is 0 Å². The molecule has 0 saturated heterocycles. The average molecular weight is 260 g/mol. The van der Waals surface area contributed by atoms with Gasteiger partial charge in [0.05, 0.1) is 12.0 Å². The molecule has 0 radical (unpaired) electrons. The number of unbranched alkanes of at least 4 members (excludes halogenated alkanes) is 3. The van der Waals surface area contributed by atoms with Gasteiger partial charge in [-0.3, -0.25) is 4.79 Å². The third-order valence-corrected chi connectivity index (χ3v) is 2.48. The largest absolute Gasteiger partial charge is 0.481 e. The van der Waals surface area contributed by atoms with Crippen LogP contribution in [0.2, 0.25) is 0 Å². The molecule has 6 heteroatoms. The number of carbonyl (C=O) groups excluding carboxylic acids is 1. The van der Waals surface area contributed by atoms with E-state index in [0.717, 1.165) is 25.7 Å². The number of rotatable bonds is 9. The standard InChI is InChI=1S/C12H24N2O4/c1-3-4-5-6-7-13-11(17)14-9-12(2,18)8-10(15)16/h18H,3-9H2,1-2H3,(H,15,16)(H2,13,14,17). The molecule has 0 aliphatic heterocycles. The fourth-order valence-corrected chi connectivity index (χ4v) is 1.48. The zero-order valence-corrected chi connectivity index (χ0v) is 11.2. The van der Waals surface area contributed by atoms with Crippen LogP contribution in [0.1, 0.15) is 46.0 Å². The second-order valence-corrected chi connectivity index (χ2v) is 4.74. The monoisotopic (exact) mass is 260 g/mol. The van der Waals surface area contributed by atoms with Gasteiger partial charge < -0.3 is 20.8 Å². The first kappa shape index (κ1) is 16.7. The van der Waals surface area contributed by atoms with E-state index in [2.05, 4.69) is 17.6 Å². The third kappa shape index (κ3) is 9.89. The van der Waals surface area contributed by atoms with Gasteiger partial charge in [0.15, 0.2) is 0 Å². The lowest BCUT2D eigenvalue weighted by molar-refractivity contribution is -0.141. The summed E-state index contributed by atoms with van der Waals surface area (Å²) in [6, 6.07) is -0.378. The fraction of sp³-hybridized carbons (Fsp3) is 0.833. The van der Waals surface area contributed by atoms with Crippen molar-refractivity contribution in [3.63, 3.8) is 0 Å². The second kappa shape index (κ2) is 8.74. The molecule has 0 rings (SSSR count). The second-order valence-electron chi connectivity index (χ2n) is 4.74. The molecule has 0 saturated carbocycles.